The van der Waals surface area contributed by atoms with Gasteiger partial charge in [0.05, 0.1) is 0 Å². The van der Waals surface area contributed by atoms with Gasteiger partial charge in [0, 0.05) is 12.1 Å². The Morgan fingerprint density at radius 1 is 1.75 bits per heavy atom. The van der Waals surface area contributed by atoms with Gasteiger partial charge >= 0.3 is 0 Å². The van der Waals surface area contributed by atoms with Crippen LogP contribution in [0.4, 0.5) is 0 Å². The largest absolute Gasteiger partial charge is 0.618 e. The molecule has 1 aromatic heterocycles. The third kappa shape index (κ3) is 0.964. The Labute approximate surface area is 48.0 Å². The lowest BCUT2D eigenvalue weighted by atomic mass is 10.3. The van der Waals surface area contributed by atoms with Gasteiger partial charge in [-0.05, 0) is 12.5 Å². The van der Waals surface area contributed by atoms with Crippen molar-refractivity contribution in [3.8, 4) is 0 Å². The highest BCUT2D eigenvalue weighted by Crippen LogP contribution is 1.87. The van der Waals surface area contributed by atoms with E-state index in [0.29, 0.717) is 4.73 Å². The Bertz CT molecular complexity index is 147. The third-order valence-corrected chi connectivity index (χ3v) is 0.892. The minimum atomic E-state index is 0.646. The molecule has 0 spiro atoms. The molecule has 1 aromatic rings. The Balaban J connectivity index is 3.03. The molecule has 0 aliphatic heterocycles. The predicted molar refractivity (Wildman–Crippen MR) is 29.0 cm³/mol. The molecule has 0 atom stereocenters. The first-order valence-electron chi connectivity index (χ1n) is 2.36. The molecule has 8 heavy (non-hydrogen) atoms. The first-order chi connectivity index (χ1) is 3.79. The van der Waals surface area contributed by atoms with Crippen LogP contribution in [0.15, 0.2) is 18.3 Å². The van der Waals surface area contributed by atoms with Crippen molar-refractivity contribution in [2.75, 3.05) is 0 Å². The zero-order chi connectivity index (χ0) is 5.98. The van der Waals surface area contributed by atoms with Crippen molar-refractivity contribution >= 4 is 0 Å². The van der Waals surface area contributed by atoms with Crippen molar-refractivity contribution < 1.29 is 4.73 Å². The van der Waals surface area contributed by atoms with E-state index in [4.69, 9.17) is 0 Å². The molecule has 0 saturated heterocycles. The summed E-state index contributed by atoms with van der Waals surface area (Å²) < 4.78 is 0.646. The topological polar surface area (TPSA) is 26.9 Å². The van der Waals surface area contributed by atoms with Gasteiger partial charge in [-0.2, -0.15) is 4.73 Å². The summed E-state index contributed by atoms with van der Waals surface area (Å²) in [4.78, 5) is 0. The van der Waals surface area contributed by atoms with Crippen molar-refractivity contribution in [2.24, 2.45) is 0 Å². The van der Waals surface area contributed by atoms with Crippen molar-refractivity contribution in [1.82, 2.24) is 0 Å². The maximum atomic E-state index is 10.3. The van der Waals surface area contributed by atoms with Crippen LogP contribution < -0.4 is 4.73 Å². The summed E-state index contributed by atoms with van der Waals surface area (Å²) in [6.45, 7) is 1.91. The number of hydrogen-bond acceptors (Lipinski definition) is 1. The van der Waals surface area contributed by atoms with Crippen molar-refractivity contribution in [3.63, 3.8) is 0 Å². The molecule has 0 aromatic carbocycles. The molecular formula is C6H6NO. The molecule has 0 saturated carbocycles. The molecule has 2 heteroatoms. The predicted octanol–water partition coefficient (Wildman–Crippen LogP) is 0.429. The van der Waals surface area contributed by atoms with E-state index >= 15 is 0 Å². The van der Waals surface area contributed by atoms with Crippen molar-refractivity contribution in [3.05, 3.63) is 35.3 Å². The molecule has 0 aliphatic carbocycles. The van der Waals surface area contributed by atoms with Crippen LogP contribution in [0, 0.1) is 18.3 Å². The highest BCUT2D eigenvalue weighted by Gasteiger charge is 1.85. The molecule has 2 nitrogen and oxygen atoms in total. The standard InChI is InChI=1S/C6H6NO/c1-6-2-4-7(8)5-3-6/h2-4H,1H3. The van der Waals surface area contributed by atoms with E-state index in [1.807, 2.05) is 6.92 Å². The second-order valence-corrected chi connectivity index (χ2v) is 1.66. The highest BCUT2D eigenvalue weighted by molar-refractivity contribution is 5.02. The van der Waals surface area contributed by atoms with E-state index in [9.17, 15) is 5.21 Å². The lowest BCUT2D eigenvalue weighted by Gasteiger charge is -1.90. The van der Waals surface area contributed by atoms with Gasteiger partial charge in [-0.3, -0.25) is 0 Å². The SMILES string of the molecule is Cc1c[c][n+]([O-])cc1. The maximum Gasteiger partial charge on any atom is 0.290 e. The van der Waals surface area contributed by atoms with E-state index < -0.39 is 0 Å². The number of aromatic nitrogens is 1. The van der Waals surface area contributed by atoms with Gasteiger partial charge < -0.3 is 5.21 Å². The molecule has 0 amide bonds. The number of rotatable bonds is 0. The average molecular weight is 108 g/mol. The normalized spacial score (nSPS) is 9.12. The van der Waals surface area contributed by atoms with E-state index in [-0.39, 0.29) is 0 Å². The smallest absolute Gasteiger partial charge is 0.290 e. The number of hydrogen-bond donors (Lipinski definition) is 0. The first kappa shape index (κ1) is 5.09. The van der Waals surface area contributed by atoms with Crippen molar-refractivity contribution in [2.45, 2.75) is 6.92 Å². The van der Waals surface area contributed by atoms with Crippen LogP contribution in [-0.2, 0) is 0 Å². The number of nitrogens with zero attached hydrogens (tertiary/aromatic N) is 1. The summed E-state index contributed by atoms with van der Waals surface area (Å²) in [6, 6.07) is 3.39. The maximum absolute atomic E-state index is 10.3. The van der Waals surface area contributed by atoms with Gasteiger partial charge in [-0.25, -0.2) is 0 Å². The van der Waals surface area contributed by atoms with Gasteiger partial charge in [0.1, 0.15) is 0 Å². The Morgan fingerprint density at radius 2 is 2.50 bits per heavy atom. The van der Waals surface area contributed by atoms with Gasteiger partial charge in [-0.15, -0.1) is 0 Å². The van der Waals surface area contributed by atoms with Crippen LogP contribution in [0.5, 0.6) is 0 Å². The summed E-state index contributed by atoms with van der Waals surface area (Å²) in [5.41, 5.74) is 1.05. The van der Waals surface area contributed by atoms with Crippen LogP contribution in [0.25, 0.3) is 0 Å². The Morgan fingerprint density at radius 3 is 2.88 bits per heavy atom. The minimum absolute atomic E-state index is 0.646. The molecule has 1 rings (SSSR count). The Hall–Kier alpha value is -1.05. The van der Waals surface area contributed by atoms with Gasteiger partial charge in [0.15, 0.2) is 6.20 Å². The molecule has 1 heterocycles. The summed E-state index contributed by atoms with van der Waals surface area (Å²) in [6.07, 6.45) is 3.89. The molecule has 0 bridgehead atoms. The first-order valence-corrected chi connectivity index (χ1v) is 2.36. The molecule has 0 unspecified atom stereocenters. The fraction of sp³-hybridized carbons (Fsp3) is 0.167. The summed E-state index contributed by atoms with van der Waals surface area (Å²) in [5.74, 6) is 0. The van der Waals surface area contributed by atoms with E-state index in [0.717, 1.165) is 5.56 Å². The van der Waals surface area contributed by atoms with E-state index in [2.05, 4.69) is 6.20 Å². The van der Waals surface area contributed by atoms with Crippen LogP contribution in [0.2, 0.25) is 0 Å². The molecule has 0 aliphatic rings. The lowest BCUT2D eigenvalue weighted by Crippen LogP contribution is -2.24. The molecule has 1 radical (unpaired) electrons. The molecule has 0 N–H and O–H groups in total. The fourth-order valence-corrected chi connectivity index (χ4v) is 0.442. The van der Waals surface area contributed by atoms with Crippen LogP contribution in [0.3, 0.4) is 0 Å². The molecule has 41 valence electrons. The van der Waals surface area contributed by atoms with E-state index in [1.165, 1.54) is 6.20 Å². The molecular weight excluding hydrogens is 102 g/mol. The van der Waals surface area contributed by atoms with Gasteiger partial charge in [-0.1, -0.05) is 0 Å². The van der Waals surface area contributed by atoms with Gasteiger partial charge in [0.25, 0.3) is 6.20 Å². The van der Waals surface area contributed by atoms with Crippen LogP contribution in [-0.4, -0.2) is 0 Å². The zero-order valence-corrected chi connectivity index (χ0v) is 4.59. The van der Waals surface area contributed by atoms with E-state index in [1.54, 1.807) is 12.1 Å². The lowest BCUT2D eigenvalue weighted by molar-refractivity contribution is -0.609. The highest BCUT2D eigenvalue weighted by atomic mass is 16.5. The second kappa shape index (κ2) is 1.82. The summed E-state index contributed by atoms with van der Waals surface area (Å²) in [7, 11) is 0. The summed E-state index contributed by atoms with van der Waals surface area (Å²) >= 11 is 0. The average Bonchev–Trinajstić information content (AvgIpc) is 1.77. The number of pyridine rings is 1. The quantitative estimate of drug-likeness (QED) is 0.349. The summed E-state index contributed by atoms with van der Waals surface area (Å²) in [5, 5.41) is 10.3. The van der Waals surface area contributed by atoms with Crippen LogP contribution >= 0.6 is 0 Å². The van der Waals surface area contributed by atoms with Crippen LogP contribution in [0.1, 0.15) is 5.56 Å². The number of aryl methyl sites for hydroxylation is 1. The fourth-order valence-electron chi connectivity index (χ4n) is 0.442. The Kier molecular flexibility index (Phi) is 1.16. The second-order valence-electron chi connectivity index (χ2n) is 1.66. The molecule has 0 fully saturated rings. The minimum Gasteiger partial charge on any atom is -0.618 e. The monoisotopic (exact) mass is 108 g/mol. The van der Waals surface area contributed by atoms with Gasteiger partial charge in [0.2, 0.25) is 0 Å². The third-order valence-electron chi connectivity index (χ3n) is 0.892. The zero-order valence-electron chi connectivity index (χ0n) is 4.59. The van der Waals surface area contributed by atoms with Crippen molar-refractivity contribution in [1.29, 1.82) is 0 Å².